The zero-order valence-electron chi connectivity index (χ0n) is 15.2. The lowest BCUT2D eigenvalue weighted by Crippen LogP contribution is -2.19. The number of carbonyl (C=O) groups excluding carboxylic acids is 2. The van der Waals surface area contributed by atoms with Gasteiger partial charge in [0, 0.05) is 13.0 Å². The van der Waals surface area contributed by atoms with Gasteiger partial charge < -0.3 is 10.1 Å². The monoisotopic (exact) mass is 357 g/mol. The van der Waals surface area contributed by atoms with Crippen molar-refractivity contribution in [3.05, 3.63) is 41.7 Å². The van der Waals surface area contributed by atoms with E-state index >= 15 is 0 Å². The van der Waals surface area contributed by atoms with Gasteiger partial charge in [-0.1, -0.05) is 12.1 Å². The van der Waals surface area contributed by atoms with Crippen LogP contribution in [-0.4, -0.2) is 39.5 Å². The van der Waals surface area contributed by atoms with E-state index in [1.165, 1.54) is 13.3 Å². The van der Waals surface area contributed by atoms with Crippen molar-refractivity contribution in [2.45, 2.75) is 39.7 Å². The molecule has 1 atom stereocenters. The van der Waals surface area contributed by atoms with Crippen molar-refractivity contribution in [1.82, 2.24) is 15.0 Å². The highest BCUT2D eigenvalue weighted by molar-refractivity contribution is 5.89. The number of rotatable bonds is 8. The van der Waals surface area contributed by atoms with Crippen molar-refractivity contribution >= 4 is 23.8 Å². The molecule has 2 rings (SSSR count). The Balaban J connectivity index is 1.85. The Kier molecular flexibility index (Phi) is 7.02. The first-order valence-corrected chi connectivity index (χ1v) is 8.47. The van der Waals surface area contributed by atoms with Crippen LogP contribution in [0.3, 0.4) is 0 Å². The molecule has 2 N–H and O–H groups in total. The summed E-state index contributed by atoms with van der Waals surface area (Å²) >= 11 is 0. The number of esters is 1. The van der Waals surface area contributed by atoms with Gasteiger partial charge in [0.15, 0.2) is 0 Å². The summed E-state index contributed by atoms with van der Waals surface area (Å²) < 4.78 is 4.97. The van der Waals surface area contributed by atoms with Crippen molar-refractivity contribution in [1.29, 1.82) is 0 Å². The van der Waals surface area contributed by atoms with Gasteiger partial charge in [-0.05, 0) is 44.4 Å². The fourth-order valence-corrected chi connectivity index (χ4v) is 2.28. The molecule has 0 aliphatic rings. The number of amides is 1. The summed E-state index contributed by atoms with van der Waals surface area (Å²) in [7, 11) is 0. The first-order valence-electron chi connectivity index (χ1n) is 8.47. The molecule has 0 aliphatic heterocycles. The molecule has 1 unspecified atom stereocenters. The molecule has 0 saturated carbocycles. The Morgan fingerprint density at radius 3 is 2.50 bits per heavy atom. The molecular formula is C18H23N5O3. The first-order chi connectivity index (χ1) is 12.5. The van der Waals surface area contributed by atoms with Crippen LogP contribution in [0.25, 0.3) is 0 Å². The number of anilines is 2. The molecule has 0 fully saturated rings. The Bertz CT molecular complexity index is 749. The van der Waals surface area contributed by atoms with Gasteiger partial charge >= 0.3 is 5.97 Å². The molecule has 0 spiro atoms. The molecule has 0 saturated heterocycles. The molecule has 2 aromatic rings. The van der Waals surface area contributed by atoms with Gasteiger partial charge in [-0.25, -0.2) is 14.8 Å². The Morgan fingerprint density at radius 2 is 1.85 bits per heavy atom. The minimum atomic E-state index is -0.307. The van der Waals surface area contributed by atoms with E-state index in [1.807, 2.05) is 19.1 Å². The average molecular weight is 357 g/mol. The van der Waals surface area contributed by atoms with Gasteiger partial charge in [0.05, 0.1) is 12.2 Å². The highest BCUT2D eigenvalue weighted by Crippen LogP contribution is 2.11. The van der Waals surface area contributed by atoms with Crippen LogP contribution in [0.1, 0.15) is 43.1 Å². The number of carbonyl (C=O) groups is 2. The van der Waals surface area contributed by atoms with Gasteiger partial charge in [-0.15, -0.1) is 0 Å². The van der Waals surface area contributed by atoms with Gasteiger partial charge in [0.25, 0.3) is 0 Å². The van der Waals surface area contributed by atoms with E-state index < -0.39 is 0 Å². The average Bonchev–Trinajstić information content (AvgIpc) is 2.60. The number of hydrogen-bond acceptors (Lipinski definition) is 7. The summed E-state index contributed by atoms with van der Waals surface area (Å²) in [5.74, 6) is 0.0889. The van der Waals surface area contributed by atoms with Crippen molar-refractivity contribution in [3.63, 3.8) is 0 Å². The normalized spacial score (nSPS) is 11.5. The van der Waals surface area contributed by atoms with Crippen LogP contribution in [0.15, 0.2) is 30.6 Å². The molecular weight excluding hydrogens is 334 g/mol. The van der Waals surface area contributed by atoms with Crippen LogP contribution in [0.5, 0.6) is 0 Å². The zero-order valence-corrected chi connectivity index (χ0v) is 15.2. The van der Waals surface area contributed by atoms with Crippen LogP contribution >= 0.6 is 0 Å². The van der Waals surface area contributed by atoms with Gasteiger partial charge in [-0.2, -0.15) is 4.98 Å². The van der Waals surface area contributed by atoms with E-state index in [4.69, 9.17) is 4.74 Å². The van der Waals surface area contributed by atoms with Gasteiger partial charge in [0.2, 0.25) is 17.8 Å². The molecule has 0 aliphatic carbocycles. The van der Waals surface area contributed by atoms with E-state index in [-0.39, 0.29) is 23.9 Å². The molecule has 1 aromatic heterocycles. The fraction of sp³-hybridized carbons (Fsp3) is 0.389. The van der Waals surface area contributed by atoms with Crippen LogP contribution < -0.4 is 10.6 Å². The summed E-state index contributed by atoms with van der Waals surface area (Å²) in [6, 6.07) is 7.52. The topological polar surface area (TPSA) is 106 Å². The molecule has 0 bridgehead atoms. The van der Waals surface area contributed by atoms with Crippen LogP contribution in [-0.2, 0) is 16.0 Å². The molecule has 1 aromatic carbocycles. The minimum absolute atomic E-state index is 0.118. The summed E-state index contributed by atoms with van der Waals surface area (Å²) in [5, 5.41) is 5.71. The SMILES string of the molecule is CCOC(=O)c1ccc(CCC(C)Nc2ncnc(NC(C)=O)n2)cc1. The first kappa shape index (κ1) is 19.3. The smallest absolute Gasteiger partial charge is 0.338 e. The second-order valence-electron chi connectivity index (χ2n) is 5.82. The summed E-state index contributed by atoms with van der Waals surface area (Å²) in [4.78, 5) is 34.8. The van der Waals surface area contributed by atoms with E-state index in [9.17, 15) is 9.59 Å². The number of nitrogens with one attached hydrogen (secondary N) is 2. The maximum absolute atomic E-state index is 11.6. The van der Waals surface area contributed by atoms with Crippen molar-refractivity contribution < 1.29 is 14.3 Å². The number of aryl methyl sites for hydroxylation is 1. The molecule has 1 heterocycles. The lowest BCUT2D eigenvalue weighted by atomic mass is 10.0. The number of nitrogens with zero attached hydrogens (tertiary/aromatic N) is 3. The van der Waals surface area contributed by atoms with E-state index in [1.54, 1.807) is 19.1 Å². The summed E-state index contributed by atoms with van der Waals surface area (Å²) in [5.41, 5.74) is 1.68. The van der Waals surface area contributed by atoms with Crippen LogP contribution in [0, 0.1) is 0 Å². The predicted octanol–water partition coefficient (Wildman–Crippen LogP) is 2.44. The number of ether oxygens (including phenoxy) is 1. The third-order valence-corrected chi connectivity index (χ3v) is 3.57. The molecule has 1 amide bonds. The Hall–Kier alpha value is -3.03. The van der Waals surface area contributed by atoms with E-state index in [0.29, 0.717) is 18.1 Å². The molecule has 8 nitrogen and oxygen atoms in total. The van der Waals surface area contributed by atoms with Gasteiger partial charge in [-0.3, -0.25) is 10.1 Å². The largest absolute Gasteiger partial charge is 0.462 e. The molecule has 26 heavy (non-hydrogen) atoms. The molecule has 0 radical (unpaired) electrons. The van der Waals surface area contributed by atoms with Crippen molar-refractivity contribution in [3.8, 4) is 0 Å². The minimum Gasteiger partial charge on any atom is -0.462 e. The summed E-state index contributed by atoms with van der Waals surface area (Å²) in [6.07, 6.45) is 3.03. The second-order valence-corrected chi connectivity index (χ2v) is 5.82. The van der Waals surface area contributed by atoms with Crippen LogP contribution in [0.4, 0.5) is 11.9 Å². The second kappa shape index (κ2) is 9.45. The quantitative estimate of drug-likeness (QED) is 0.699. The van der Waals surface area contributed by atoms with Crippen molar-refractivity contribution in [2.75, 3.05) is 17.2 Å². The standard InChI is InChI=1S/C18H23N5O3/c1-4-26-16(25)15-9-7-14(8-10-15)6-5-12(2)21-17-19-11-20-18(23-17)22-13(3)24/h7-12H,4-6H2,1-3H3,(H2,19,20,21,22,23,24). The third-order valence-electron chi connectivity index (χ3n) is 3.57. The lowest BCUT2D eigenvalue weighted by Gasteiger charge is -2.14. The number of aromatic nitrogens is 3. The molecule has 138 valence electrons. The highest BCUT2D eigenvalue weighted by Gasteiger charge is 2.09. The van der Waals surface area contributed by atoms with Crippen LogP contribution in [0.2, 0.25) is 0 Å². The number of benzene rings is 1. The maximum atomic E-state index is 11.6. The fourth-order valence-electron chi connectivity index (χ4n) is 2.28. The molecule has 8 heteroatoms. The Morgan fingerprint density at radius 1 is 1.15 bits per heavy atom. The zero-order chi connectivity index (χ0) is 18.9. The maximum Gasteiger partial charge on any atom is 0.338 e. The number of hydrogen-bond donors (Lipinski definition) is 2. The summed E-state index contributed by atoms with van der Waals surface area (Å²) in [6.45, 7) is 5.57. The lowest BCUT2D eigenvalue weighted by molar-refractivity contribution is -0.114. The third kappa shape index (κ3) is 6.12. The van der Waals surface area contributed by atoms with Crippen molar-refractivity contribution in [2.24, 2.45) is 0 Å². The Labute approximate surface area is 152 Å². The van der Waals surface area contributed by atoms with E-state index in [2.05, 4.69) is 25.6 Å². The highest BCUT2D eigenvalue weighted by atomic mass is 16.5. The predicted molar refractivity (Wildman–Crippen MR) is 97.9 cm³/mol. The van der Waals surface area contributed by atoms with Gasteiger partial charge in [0.1, 0.15) is 6.33 Å². The van der Waals surface area contributed by atoms with E-state index in [0.717, 1.165) is 18.4 Å².